The minimum Gasteiger partial charge on any atom is -0.427 e. The maximum absolute atomic E-state index is 11.8. The number of allylic oxidation sites excluding steroid dienone is 2. The fraction of sp³-hybridized carbons (Fsp3) is 0.591. The molecule has 5 nitrogen and oxygen atoms in total. The molecule has 0 spiro atoms. The summed E-state index contributed by atoms with van der Waals surface area (Å²) in [6.45, 7) is 2.24. The molecule has 6 heteroatoms. The second kappa shape index (κ2) is 14.4. The predicted molar refractivity (Wildman–Crippen MR) is 112 cm³/mol. The molecule has 0 aliphatic carbocycles. The number of esters is 1. The Balaban J connectivity index is 2.05. The van der Waals surface area contributed by atoms with Gasteiger partial charge in [0.1, 0.15) is 5.75 Å². The molecule has 0 saturated carbocycles. The number of rotatable bonds is 15. The lowest BCUT2D eigenvalue weighted by molar-refractivity contribution is -0.134. The molecular formula is C22H34O5S. The second-order valence-corrected chi connectivity index (χ2v) is 8.47. The smallest absolute Gasteiger partial charge is 0.311 e. The van der Waals surface area contributed by atoms with Crippen molar-refractivity contribution in [1.82, 2.24) is 0 Å². The first kappa shape index (κ1) is 24.4. The van der Waals surface area contributed by atoms with Crippen LogP contribution in [0.2, 0.25) is 0 Å². The molecule has 1 aromatic carbocycles. The SMILES string of the molecule is CCCCCCCCCCCC=CCCC(=O)Oc1ccc(S(=O)(=O)O)cc1. The highest BCUT2D eigenvalue weighted by molar-refractivity contribution is 7.85. The van der Waals surface area contributed by atoms with Crippen molar-refractivity contribution in [3.63, 3.8) is 0 Å². The highest BCUT2D eigenvalue weighted by Gasteiger charge is 2.10. The van der Waals surface area contributed by atoms with E-state index in [1.54, 1.807) is 0 Å². The summed E-state index contributed by atoms with van der Waals surface area (Å²) in [5.74, 6) is -0.108. The monoisotopic (exact) mass is 410 g/mol. The molecule has 0 radical (unpaired) electrons. The molecule has 0 amide bonds. The Morgan fingerprint density at radius 2 is 1.43 bits per heavy atom. The van der Waals surface area contributed by atoms with Crippen LogP contribution in [0.4, 0.5) is 0 Å². The molecule has 0 saturated heterocycles. The molecule has 1 N–H and O–H groups in total. The van der Waals surface area contributed by atoms with Gasteiger partial charge in [-0.1, -0.05) is 70.4 Å². The zero-order valence-corrected chi connectivity index (χ0v) is 17.8. The largest absolute Gasteiger partial charge is 0.427 e. The average molecular weight is 411 g/mol. The Hall–Kier alpha value is -1.66. The third-order valence-corrected chi connectivity index (χ3v) is 5.38. The standard InChI is InChI=1S/C22H34O5S/c1-2-3-4-5-6-7-8-9-10-11-12-13-14-15-22(23)27-20-16-18-21(19-17-20)28(24,25)26/h12-13,16-19H,2-11,14-15H2,1H3,(H,24,25,26). The highest BCUT2D eigenvalue weighted by Crippen LogP contribution is 2.16. The Bertz CT molecular complexity index is 677. The lowest BCUT2D eigenvalue weighted by Crippen LogP contribution is -2.07. The van der Waals surface area contributed by atoms with Gasteiger partial charge in [-0.25, -0.2) is 0 Å². The van der Waals surface area contributed by atoms with Gasteiger partial charge >= 0.3 is 5.97 Å². The van der Waals surface area contributed by atoms with E-state index in [2.05, 4.69) is 13.0 Å². The number of hydrogen-bond donors (Lipinski definition) is 1. The zero-order chi connectivity index (χ0) is 20.7. The molecule has 1 rings (SSSR count). The summed E-state index contributed by atoms with van der Waals surface area (Å²) in [4.78, 5) is 11.5. The van der Waals surface area contributed by atoms with Crippen molar-refractivity contribution in [2.45, 2.75) is 88.9 Å². The molecule has 0 heterocycles. The zero-order valence-electron chi connectivity index (χ0n) is 16.9. The normalized spacial score (nSPS) is 11.8. The Labute approximate surface area is 169 Å². The van der Waals surface area contributed by atoms with Crippen LogP contribution in [0.15, 0.2) is 41.3 Å². The van der Waals surface area contributed by atoms with E-state index >= 15 is 0 Å². The van der Waals surface area contributed by atoms with Gasteiger partial charge < -0.3 is 4.74 Å². The molecule has 0 aromatic heterocycles. The van der Waals surface area contributed by atoms with Crippen LogP contribution in [-0.2, 0) is 14.9 Å². The molecule has 1 aromatic rings. The summed E-state index contributed by atoms with van der Waals surface area (Å²) in [5.41, 5.74) is 0. The van der Waals surface area contributed by atoms with Gasteiger partial charge in [0, 0.05) is 6.42 Å². The molecule has 0 atom stereocenters. The van der Waals surface area contributed by atoms with Crippen LogP contribution in [0.1, 0.15) is 84.0 Å². The van der Waals surface area contributed by atoms with Gasteiger partial charge in [-0.2, -0.15) is 8.42 Å². The molecule has 0 aliphatic heterocycles. The van der Waals surface area contributed by atoms with Crippen LogP contribution in [0.3, 0.4) is 0 Å². The fourth-order valence-electron chi connectivity index (χ4n) is 2.87. The number of benzene rings is 1. The summed E-state index contributed by atoms with van der Waals surface area (Å²) in [6, 6.07) is 5.09. The molecule has 0 aliphatic rings. The predicted octanol–water partition coefficient (Wildman–Crippen LogP) is 6.10. The van der Waals surface area contributed by atoms with Crippen molar-refractivity contribution in [2.75, 3.05) is 0 Å². The first-order chi connectivity index (χ1) is 13.4. The molecule has 0 unspecified atom stereocenters. The molecular weight excluding hydrogens is 376 g/mol. The van der Waals surface area contributed by atoms with Gasteiger partial charge in [0.25, 0.3) is 10.1 Å². The summed E-state index contributed by atoms with van der Waals surface area (Å²) >= 11 is 0. The van der Waals surface area contributed by atoms with Gasteiger partial charge in [0.15, 0.2) is 0 Å². The highest BCUT2D eigenvalue weighted by atomic mass is 32.2. The van der Waals surface area contributed by atoms with E-state index in [0.29, 0.717) is 6.42 Å². The average Bonchev–Trinajstić information content (AvgIpc) is 2.65. The second-order valence-electron chi connectivity index (χ2n) is 7.05. The van der Waals surface area contributed by atoms with E-state index in [9.17, 15) is 13.2 Å². The lowest BCUT2D eigenvalue weighted by atomic mass is 10.1. The van der Waals surface area contributed by atoms with Crippen molar-refractivity contribution in [3.05, 3.63) is 36.4 Å². The van der Waals surface area contributed by atoms with Crippen molar-refractivity contribution in [3.8, 4) is 5.75 Å². The third-order valence-electron chi connectivity index (χ3n) is 4.51. The van der Waals surface area contributed by atoms with Gasteiger partial charge in [0.2, 0.25) is 0 Å². The van der Waals surface area contributed by atoms with E-state index in [-0.39, 0.29) is 23.0 Å². The Kier molecular flexibility index (Phi) is 12.5. The quantitative estimate of drug-likeness (QED) is 0.124. The van der Waals surface area contributed by atoms with Gasteiger partial charge in [0.05, 0.1) is 4.90 Å². The first-order valence-corrected chi connectivity index (χ1v) is 11.8. The number of carbonyl (C=O) groups is 1. The Morgan fingerprint density at radius 3 is 2.00 bits per heavy atom. The van der Waals surface area contributed by atoms with Crippen LogP contribution >= 0.6 is 0 Å². The minimum absolute atomic E-state index is 0.230. The van der Waals surface area contributed by atoms with Crippen LogP contribution in [0.5, 0.6) is 5.75 Å². The van der Waals surface area contributed by atoms with Crippen LogP contribution in [0.25, 0.3) is 0 Å². The van der Waals surface area contributed by atoms with E-state index < -0.39 is 10.1 Å². The van der Waals surface area contributed by atoms with E-state index in [1.807, 2.05) is 6.08 Å². The lowest BCUT2D eigenvalue weighted by Gasteiger charge is -2.04. The maximum atomic E-state index is 11.8. The number of unbranched alkanes of at least 4 members (excludes halogenated alkanes) is 9. The molecule has 0 bridgehead atoms. The van der Waals surface area contributed by atoms with Gasteiger partial charge in [-0.15, -0.1) is 0 Å². The molecule has 28 heavy (non-hydrogen) atoms. The summed E-state index contributed by atoms with van der Waals surface area (Å²) in [7, 11) is -4.23. The maximum Gasteiger partial charge on any atom is 0.311 e. The Morgan fingerprint density at radius 1 is 0.893 bits per heavy atom. The number of ether oxygens (including phenoxy) is 1. The summed E-state index contributed by atoms with van der Waals surface area (Å²) < 4.78 is 36.0. The van der Waals surface area contributed by atoms with Crippen molar-refractivity contribution < 1.29 is 22.5 Å². The van der Waals surface area contributed by atoms with Crippen molar-refractivity contribution in [2.24, 2.45) is 0 Å². The fourth-order valence-corrected chi connectivity index (χ4v) is 3.35. The number of carbonyl (C=O) groups excluding carboxylic acids is 1. The van der Waals surface area contributed by atoms with Crippen molar-refractivity contribution in [1.29, 1.82) is 0 Å². The molecule has 0 fully saturated rings. The van der Waals surface area contributed by atoms with Crippen LogP contribution in [-0.4, -0.2) is 18.9 Å². The van der Waals surface area contributed by atoms with E-state index in [0.717, 1.165) is 6.42 Å². The topological polar surface area (TPSA) is 80.7 Å². The van der Waals surface area contributed by atoms with Crippen molar-refractivity contribution >= 4 is 16.1 Å². The summed E-state index contributed by atoms with van der Waals surface area (Å²) in [6.07, 6.45) is 17.9. The van der Waals surface area contributed by atoms with E-state index in [4.69, 9.17) is 9.29 Å². The van der Waals surface area contributed by atoms with Gasteiger partial charge in [-0.3, -0.25) is 9.35 Å². The van der Waals surface area contributed by atoms with Crippen LogP contribution in [0, 0.1) is 0 Å². The van der Waals surface area contributed by atoms with E-state index in [1.165, 1.54) is 82.1 Å². The molecule has 158 valence electrons. The van der Waals surface area contributed by atoms with Crippen LogP contribution < -0.4 is 4.74 Å². The van der Waals surface area contributed by atoms with Gasteiger partial charge in [-0.05, 0) is 43.5 Å². The first-order valence-electron chi connectivity index (χ1n) is 10.4. The number of hydrogen-bond acceptors (Lipinski definition) is 4. The third kappa shape index (κ3) is 11.9. The minimum atomic E-state index is -4.23. The summed E-state index contributed by atoms with van der Waals surface area (Å²) in [5, 5.41) is 0.